The molecule has 2 N–H and O–H groups in total. The molecule has 0 aliphatic carbocycles. The molecular weight excluding hydrogens is 557 g/mol. The number of hydrogen-bond donors (Lipinski definition) is 1. The highest BCUT2D eigenvalue weighted by Gasteiger charge is 2.31. The van der Waals surface area contributed by atoms with E-state index in [1.807, 2.05) is 12.3 Å². The van der Waals surface area contributed by atoms with E-state index in [2.05, 4.69) is 68.9 Å². The predicted octanol–water partition coefficient (Wildman–Crippen LogP) is 8.94. The molecule has 5 nitrogen and oxygen atoms in total. The summed E-state index contributed by atoms with van der Waals surface area (Å²) in [7, 11) is 0. The number of aliphatic imine (C=N–C) groups is 1. The topological polar surface area (TPSA) is 71.6 Å². The number of amidine groups is 1. The highest BCUT2D eigenvalue weighted by Crippen LogP contribution is 2.32. The second-order valence-corrected chi connectivity index (χ2v) is 11.3. The average Bonchev–Trinajstić information content (AvgIpc) is 3.41. The van der Waals surface area contributed by atoms with Gasteiger partial charge in [-0.15, -0.1) is 11.3 Å². The Hall–Kier alpha value is -3.46. The molecule has 3 rings (SSSR count). The summed E-state index contributed by atoms with van der Waals surface area (Å²) in [5.74, 6) is 0.714. The third kappa shape index (κ3) is 10.1. The lowest BCUT2D eigenvalue weighted by molar-refractivity contribution is -0.137. The van der Waals surface area contributed by atoms with E-state index in [1.165, 1.54) is 28.9 Å². The number of aromatic nitrogens is 1. The maximum atomic E-state index is 12.8. The van der Waals surface area contributed by atoms with Crippen molar-refractivity contribution in [2.75, 3.05) is 6.54 Å². The molecule has 228 valence electrons. The van der Waals surface area contributed by atoms with E-state index in [-0.39, 0.29) is 17.6 Å². The molecule has 0 saturated carbocycles. The molecule has 1 aliphatic rings. The van der Waals surface area contributed by atoms with Crippen molar-refractivity contribution in [1.29, 1.82) is 0 Å². The van der Waals surface area contributed by atoms with E-state index in [1.54, 1.807) is 17.9 Å². The minimum Gasteiger partial charge on any atom is -0.383 e. The van der Waals surface area contributed by atoms with Crippen molar-refractivity contribution in [1.82, 2.24) is 9.88 Å². The molecule has 2 aromatic rings. The Balaban J connectivity index is 0.000000374. The first kappa shape index (κ1) is 34.7. The number of carbonyl (C=O) groups excluding carboxylic acids is 1. The standard InChI is InChI=1S/C19H19F3N4OS.C14H24/c1-3-11(2)18(27)26-7-5-13-14(10-28-15(13)9-26)17(23)25-16-8-12(4-6-24-16)19(20,21)22;1-6-12(3)10-8-9-11-14(5)13(4)7-2/h3-4,6,8,10H,5,7,9H2,1-2H3,(H2,23,24,25);8-12H,6-7H2,1-5H3/b11-3+;10-8-,11-9-,14-13?. The number of rotatable bonds is 8. The minimum atomic E-state index is -4.47. The van der Waals surface area contributed by atoms with Crippen molar-refractivity contribution in [2.24, 2.45) is 16.6 Å². The first-order valence-electron chi connectivity index (χ1n) is 14.2. The summed E-state index contributed by atoms with van der Waals surface area (Å²) >= 11 is 1.46. The number of thiophene rings is 1. The number of nitrogens with zero attached hydrogens (tertiary/aromatic N) is 3. The van der Waals surface area contributed by atoms with Crippen LogP contribution in [0.25, 0.3) is 0 Å². The van der Waals surface area contributed by atoms with Crippen molar-refractivity contribution in [3.63, 3.8) is 0 Å². The molecule has 1 atom stereocenters. The van der Waals surface area contributed by atoms with Crippen LogP contribution in [0, 0.1) is 5.92 Å². The van der Waals surface area contributed by atoms with Crippen LogP contribution in [-0.4, -0.2) is 28.2 Å². The molecule has 0 saturated heterocycles. The van der Waals surface area contributed by atoms with Crippen molar-refractivity contribution >= 4 is 28.9 Å². The lowest BCUT2D eigenvalue weighted by Crippen LogP contribution is -2.36. The van der Waals surface area contributed by atoms with Crippen molar-refractivity contribution in [2.45, 2.75) is 80.4 Å². The van der Waals surface area contributed by atoms with Crippen LogP contribution in [-0.2, 0) is 23.9 Å². The summed E-state index contributed by atoms with van der Waals surface area (Å²) in [4.78, 5) is 23.1. The molecule has 0 spiro atoms. The summed E-state index contributed by atoms with van der Waals surface area (Å²) in [6.45, 7) is 15.7. The van der Waals surface area contributed by atoms with Gasteiger partial charge >= 0.3 is 6.18 Å². The number of nitrogens with two attached hydrogens (primary N) is 1. The lowest BCUT2D eigenvalue weighted by Gasteiger charge is -2.27. The van der Waals surface area contributed by atoms with Crippen LogP contribution in [0.4, 0.5) is 19.0 Å². The quantitative estimate of drug-likeness (QED) is 0.142. The van der Waals surface area contributed by atoms with Crippen LogP contribution in [0.5, 0.6) is 0 Å². The molecule has 0 aromatic carbocycles. The third-order valence-corrected chi connectivity index (χ3v) is 8.35. The highest BCUT2D eigenvalue weighted by atomic mass is 32.1. The Bertz CT molecular complexity index is 1370. The molecule has 0 radical (unpaired) electrons. The van der Waals surface area contributed by atoms with Gasteiger partial charge in [0.25, 0.3) is 0 Å². The molecular formula is C33H43F3N4OS. The average molecular weight is 601 g/mol. The Morgan fingerprint density at radius 1 is 1.24 bits per heavy atom. The smallest absolute Gasteiger partial charge is 0.383 e. The van der Waals surface area contributed by atoms with Gasteiger partial charge in [-0.3, -0.25) is 4.79 Å². The van der Waals surface area contributed by atoms with Gasteiger partial charge in [-0.1, -0.05) is 68.7 Å². The number of carbonyl (C=O) groups is 1. The summed E-state index contributed by atoms with van der Waals surface area (Å²) in [6.07, 6.45) is 10.1. The van der Waals surface area contributed by atoms with Gasteiger partial charge in [0.15, 0.2) is 5.82 Å². The maximum absolute atomic E-state index is 12.8. The zero-order valence-electron chi connectivity index (χ0n) is 25.7. The Kier molecular flexibility index (Phi) is 13.4. The minimum absolute atomic E-state index is 0.00194. The van der Waals surface area contributed by atoms with E-state index in [4.69, 9.17) is 5.73 Å². The molecule has 1 aliphatic heterocycles. The monoisotopic (exact) mass is 600 g/mol. The summed E-state index contributed by atoms with van der Waals surface area (Å²) < 4.78 is 38.5. The number of alkyl halides is 3. The Labute approximate surface area is 252 Å². The van der Waals surface area contributed by atoms with Crippen LogP contribution in [0.2, 0.25) is 0 Å². The van der Waals surface area contributed by atoms with Gasteiger partial charge < -0.3 is 10.6 Å². The van der Waals surface area contributed by atoms with Crippen molar-refractivity contribution in [3.8, 4) is 0 Å². The predicted molar refractivity (Wildman–Crippen MR) is 169 cm³/mol. The van der Waals surface area contributed by atoms with E-state index < -0.39 is 11.7 Å². The van der Waals surface area contributed by atoms with Crippen molar-refractivity contribution < 1.29 is 18.0 Å². The molecule has 0 bridgehead atoms. The summed E-state index contributed by atoms with van der Waals surface area (Å²) in [6, 6.07) is 1.76. The van der Waals surface area contributed by atoms with Crippen LogP contribution in [0.3, 0.4) is 0 Å². The molecule has 1 amide bonds. The van der Waals surface area contributed by atoms with E-state index in [9.17, 15) is 18.0 Å². The normalized spacial score (nSPS) is 15.8. The molecule has 0 fully saturated rings. The SMILES string of the molecule is C/C=C(\C)C(=O)N1CCc2c(C(N)=Nc3cc(C(F)(F)F)ccn3)csc2C1.CCC(C)=C(C)/C=C\C=C/C(C)CC. The molecule has 9 heteroatoms. The molecule has 42 heavy (non-hydrogen) atoms. The van der Waals surface area contributed by atoms with Gasteiger partial charge in [0.05, 0.1) is 12.1 Å². The number of amides is 1. The second kappa shape index (κ2) is 16.2. The fourth-order valence-electron chi connectivity index (χ4n) is 3.94. The maximum Gasteiger partial charge on any atom is 0.416 e. The van der Waals surface area contributed by atoms with Gasteiger partial charge in [0.1, 0.15) is 5.84 Å². The number of hydrogen-bond acceptors (Lipinski definition) is 4. The first-order chi connectivity index (χ1) is 19.8. The zero-order valence-corrected chi connectivity index (χ0v) is 26.5. The molecule has 1 unspecified atom stereocenters. The van der Waals surface area contributed by atoms with E-state index in [0.717, 1.165) is 35.2 Å². The lowest BCUT2D eigenvalue weighted by atomic mass is 10.0. The molecule has 3 heterocycles. The first-order valence-corrected chi connectivity index (χ1v) is 15.1. The Morgan fingerprint density at radius 2 is 1.95 bits per heavy atom. The number of allylic oxidation sites excluding steroid dienone is 7. The van der Waals surface area contributed by atoms with Crippen LogP contribution in [0.15, 0.2) is 75.8 Å². The van der Waals surface area contributed by atoms with E-state index in [0.29, 0.717) is 36.6 Å². The summed E-state index contributed by atoms with van der Waals surface area (Å²) in [5, 5.41) is 1.83. The molecule has 2 aromatic heterocycles. The van der Waals surface area contributed by atoms with Crippen LogP contribution in [0.1, 0.15) is 82.9 Å². The van der Waals surface area contributed by atoms with Crippen LogP contribution < -0.4 is 5.73 Å². The van der Waals surface area contributed by atoms with Crippen molar-refractivity contribution in [3.05, 3.63) is 92.4 Å². The van der Waals surface area contributed by atoms with Gasteiger partial charge in [0.2, 0.25) is 5.91 Å². The van der Waals surface area contributed by atoms with Gasteiger partial charge in [-0.25, -0.2) is 9.98 Å². The number of fused-ring (bicyclic) bond motifs is 1. The largest absolute Gasteiger partial charge is 0.416 e. The number of halogens is 3. The fraction of sp³-hybridized carbons (Fsp3) is 0.424. The van der Waals surface area contributed by atoms with E-state index >= 15 is 0 Å². The Morgan fingerprint density at radius 3 is 2.57 bits per heavy atom. The fourth-order valence-corrected chi connectivity index (χ4v) is 5.05. The second-order valence-electron chi connectivity index (χ2n) is 10.3. The zero-order chi connectivity index (χ0) is 31.4. The summed E-state index contributed by atoms with van der Waals surface area (Å²) in [5.41, 5.74) is 10.5. The van der Waals surface area contributed by atoms with Crippen LogP contribution >= 0.6 is 11.3 Å². The van der Waals surface area contributed by atoms with Gasteiger partial charge in [-0.05, 0) is 64.2 Å². The number of pyridine rings is 1. The van der Waals surface area contributed by atoms with Gasteiger partial charge in [-0.2, -0.15) is 13.2 Å². The highest BCUT2D eigenvalue weighted by molar-refractivity contribution is 7.10. The third-order valence-electron chi connectivity index (χ3n) is 7.33. The van der Waals surface area contributed by atoms with Gasteiger partial charge in [0, 0.05) is 34.1 Å².